The van der Waals surface area contributed by atoms with Gasteiger partial charge in [-0.1, -0.05) is 460 Å². The normalized spacial score (nSPS) is 13.1. The van der Waals surface area contributed by atoms with Gasteiger partial charge in [-0.15, -0.1) is 0 Å². The van der Waals surface area contributed by atoms with Crippen LogP contribution >= 0.6 is 0 Å². The zero-order valence-corrected chi connectivity index (χ0v) is 79.3. The molecule has 6 heteroatoms. The Labute approximate surface area is 824 Å². The second-order valence-electron chi connectivity index (χ2n) is 38.3. The Kier molecular flexibility index (Phi) is 23.6. The van der Waals surface area contributed by atoms with E-state index in [1.54, 1.807) is 0 Å². The molecular weight excluding hydrogens is 1710 g/mol. The predicted octanol–water partition coefficient (Wildman–Crippen LogP) is 33.9. The molecule has 6 nitrogen and oxygen atoms in total. The van der Waals surface area contributed by atoms with E-state index in [0.717, 1.165) is 229 Å². The third kappa shape index (κ3) is 17.4. The fourth-order valence-corrected chi connectivity index (χ4v) is 20.9. The number of hydrogen-bond donors (Lipinski definition) is 0. The minimum atomic E-state index is -0.243. The second-order valence-corrected chi connectivity index (χ2v) is 38.3. The lowest BCUT2D eigenvalue weighted by atomic mass is 9.68. The molecule has 141 heavy (non-hydrogen) atoms. The maximum absolute atomic E-state index is 13.7. The highest BCUT2D eigenvalue weighted by Gasteiger charge is 2.40. The van der Waals surface area contributed by atoms with Gasteiger partial charge in [-0.25, -0.2) is 15.0 Å². The Balaban J connectivity index is 0.000000121. The Hall–Kier alpha value is -17.6. The van der Waals surface area contributed by atoms with Crippen molar-refractivity contribution in [2.45, 2.75) is 57.8 Å². The minimum absolute atomic E-state index is 0.0979. The number of fused-ring (bicyclic) bond motifs is 6. The van der Waals surface area contributed by atoms with Crippen LogP contribution in [0.3, 0.4) is 0 Å². The third-order valence-electron chi connectivity index (χ3n) is 28.5. The number of aromatic nitrogens is 3. The first-order valence-corrected chi connectivity index (χ1v) is 48.3. The van der Waals surface area contributed by atoms with Gasteiger partial charge in [0.15, 0.2) is 17.3 Å². The number of rotatable bonds is 15. The number of nitrogens with zero attached hydrogens (tertiary/aromatic N) is 3. The molecule has 21 aromatic rings. The first-order valence-electron chi connectivity index (χ1n) is 48.3. The molecule has 0 radical (unpaired) electrons. The fourth-order valence-electron chi connectivity index (χ4n) is 20.9. The van der Waals surface area contributed by atoms with Gasteiger partial charge in [-0.05, 0) is 206 Å². The molecule has 3 heterocycles. The average Bonchev–Trinajstić information content (AvgIpc) is 0.738. The molecule has 0 atom stereocenters. The molecule has 0 fully saturated rings. The van der Waals surface area contributed by atoms with Crippen molar-refractivity contribution < 1.29 is 14.4 Å². The van der Waals surface area contributed by atoms with Crippen LogP contribution in [-0.2, 0) is 16.2 Å². The van der Waals surface area contributed by atoms with E-state index in [-0.39, 0.29) is 33.6 Å². The van der Waals surface area contributed by atoms with Crippen LogP contribution in [0.1, 0.15) is 123 Å². The first kappa shape index (κ1) is 88.7. The van der Waals surface area contributed by atoms with Crippen LogP contribution in [0.15, 0.2) is 491 Å². The zero-order valence-electron chi connectivity index (χ0n) is 79.3. The molecule has 18 aromatic carbocycles. The van der Waals surface area contributed by atoms with Gasteiger partial charge in [0.05, 0.1) is 34.2 Å². The molecule has 0 bridgehead atoms. The van der Waals surface area contributed by atoms with Crippen LogP contribution < -0.4 is 0 Å². The number of carbonyl (C=O) groups excluding carboxylic acids is 3. The Morgan fingerprint density at radius 1 is 0.128 bits per heavy atom. The number of carbonyl (C=O) groups is 3. The van der Waals surface area contributed by atoms with E-state index in [1.807, 2.05) is 91.0 Å². The minimum Gasteiger partial charge on any atom is -0.289 e. The van der Waals surface area contributed by atoms with Crippen molar-refractivity contribution in [2.24, 2.45) is 0 Å². The lowest BCUT2D eigenvalue weighted by molar-refractivity contribution is 0.102. The summed E-state index contributed by atoms with van der Waals surface area (Å²) in [7, 11) is 0. The van der Waals surface area contributed by atoms with Crippen molar-refractivity contribution >= 4 is 17.3 Å². The standard InChI is InChI=1S/3C45H33NO/c1-45(2)40-22-10-9-21-38(40)44(47)39-27-35(23-24-41(39)45)33-18-11-17-32(25-33)34-19-12-20-36(26-34)43-29-37(30-13-5-3-6-14-30)28-42(46-43)31-15-7-4-8-16-31;1-45(2)40-20-12-11-19-38(40)44(47)39-27-34(25-26-41(39)45)31-21-23-32(24-22-31)36-17-9-10-18-37(36)43-29-35(30-13-5-3-6-14-30)28-42(46-43)33-15-7-4-8-16-33;1-45(2)40-19-10-9-18-38(40)44(47)39-27-36(24-25-41(39)45)35-17-11-16-34(26-35)31-20-22-33(23-21-31)43-29-37(30-12-5-3-6-13-30)28-42(46-43)32-14-7-4-8-15-32/h3*3-29H,1-2H3. The average molecular weight is 1810 g/mol. The van der Waals surface area contributed by atoms with Crippen molar-refractivity contribution in [1.29, 1.82) is 0 Å². The summed E-state index contributed by atoms with van der Waals surface area (Å²) in [5.41, 5.74) is 42.6. The Morgan fingerprint density at radius 3 is 0.652 bits per heavy atom. The van der Waals surface area contributed by atoms with Crippen molar-refractivity contribution in [3.05, 3.63) is 558 Å². The van der Waals surface area contributed by atoms with Gasteiger partial charge >= 0.3 is 0 Å². The van der Waals surface area contributed by atoms with Gasteiger partial charge in [-0.3, -0.25) is 14.4 Å². The topological polar surface area (TPSA) is 89.9 Å². The monoisotopic (exact) mass is 1810 g/mol. The van der Waals surface area contributed by atoms with E-state index >= 15 is 0 Å². The Morgan fingerprint density at radius 2 is 0.319 bits per heavy atom. The summed E-state index contributed by atoms with van der Waals surface area (Å²) >= 11 is 0. The summed E-state index contributed by atoms with van der Waals surface area (Å²) in [6.07, 6.45) is 0. The second kappa shape index (κ2) is 37.5. The van der Waals surface area contributed by atoms with E-state index in [0.29, 0.717) is 0 Å². The molecule has 24 rings (SSSR count). The maximum Gasteiger partial charge on any atom is 0.193 e. The fraction of sp³-hybridized carbons (Fsp3) is 0.0667. The van der Waals surface area contributed by atoms with Gasteiger partial charge in [0.25, 0.3) is 0 Å². The van der Waals surface area contributed by atoms with E-state index in [9.17, 15) is 14.4 Å². The van der Waals surface area contributed by atoms with Crippen molar-refractivity contribution in [2.75, 3.05) is 0 Å². The van der Waals surface area contributed by atoms with Crippen LogP contribution in [0.4, 0.5) is 0 Å². The maximum atomic E-state index is 13.7. The van der Waals surface area contributed by atoms with Gasteiger partial charge < -0.3 is 0 Å². The van der Waals surface area contributed by atoms with Crippen molar-refractivity contribution in [3.8, 4) is 168 Å². The van der Waals surface area contributed by atoms with Gasteiger partial charge in [0.1, 0.15) is 0 Å². The van der Waals surface area contributed by atoms with Crippen molar-refractivity contribution in [3.63, 3.8) is 0 Å². The van der Waals surface area contributed by atoms with Crippen LogP contribution in [0, 0.1) is 0 Å². The lowest BCUT2D eigenvalue weighted by Gasteiger charge is -2.34. The molecule has 3 aliphatic carbocycles. The largest absolute Gasteiger partial charge is 0.289 e. The molecular formula is C135H99N3O3. The number of benzene rings is 18. The summed E-state index contributed by atoms with van der Waals surface area (Å²) in [6.45, 7) is 13.2. The highest BCUT2D eigenvalue weighted by molar-refractivity contribution is 6.16. The van der Waals surface area contributed by atoms with Crippen molar-refractivity contribution in [1.82, 2.24) is 15.0 Å². The highest BCUT2D eigenvalue weighted by atomic mass is 16.1. The molecule has 3 aromatic heterocycles. The third-order valence-corrected chi connectivity index (χ3v) is 28.5. The van der Waals surface area contributed by atoms with Gasteiger partial charge in [0, 0.05) is 83.0 Å². The van der Waals surface area contributed by atoms with E-state index in [2.05, 4.69) is 442 Å². The number of pyridine rings is 3. The highest BCUT2D eigenvalue weighted by Crippen LogP contribution is 2.49. The summed E-state index contributed by atoms with van der Waals surface area (Å²) in [5, 5.41) is 0. The molecule has 0 N–H and O–H groups in total. The molecule has 0 saturated carbocycles. The summed E-state index contributed by atoms with van der Waals surface area (Å²) in [6, 6.07) is 170. The SMILES string of the molecule is CC1(C)c2ccccc2C(=O)c2cc(-c3ccc(-c4ccccc4-c4cc(-c5ccccc5)cc(-c5ccccc5)n4)cc3)ccc21.CC1(C)c2ccccc2C(=O)c2cc(-c3cccc(-c4ccc(-c5cc(-c6ccccc6)cc(-c6ccccc6)n5)cc4)c3)ccc21.CC1(C)c2ccccc2C(=O)c2cc(-c3cccc(-c4cccc(-c5cc(-c6ccccc6)cc(-c6ccccc6)n5)c4)c3)ccc21. The smallest absolute Gasteiger partial charge is 0.193 e. The quantitative estimate of drug-likeness (QED) is 0.102. The molecule has 3 aliphatic rings. The van der Waals surface area contributed by atoms with E-state index in [4.69, 9.17) is 15.0 Å². The predicted molar refractivity (Wildman–Crippen MR) is 580 cm³/mol. The number of hydrogen-bond acceptors (Lipinski definition) is 6. The summed E-state index contributed by atoms with van der Waals surface area (Å²) < 4.78 is 0. The van der Waals surface area contributed by atoms with Crippen LogP contribution in [-0.4, -0.2) is 32.3 Å². The Bertz CT molecular complexity index is 8200. The van der Waals surface area contributed by atoms with E-state index < -0.39 is 0 Å². The van der Waals surface area contributed by atoms with Gasteiger partial charge in [-0.2, -0.15) is 0 Å². The first-order chi connectivity index (χ1) is 68.9. The molecule has 672 valence electrons. The van der Waals surface area contributed by atoms with Crippen LogP contribution in [0.5, 0.6) is 0 Å². The van der Waals surface area contributed by atoms with Crippen LogP contribution in [0.25, 0.3) is 168 Å². The molecule has 0 saturated heterocycles. The number of ketones is 3. The molecule has 0 spiro atoms. The molecule has 0 amide bonds. The van der Waals surface area contributed by atoms with E-state index in [1.165, 1.54) is 5.56 Å². The van der Waals surface area contributed by atoms with Crippen LogP contribution in [0.2, 0.25) is 0 Å². The summed E-state index contributed by atoms with van der Waals surface area (Å²) in [5.74, 6) is 0.298. The molecule has 0 aliphatic heterocycles. The molecule has 0 unspecified atom stereocenters. The zero-order chi connectivity index (χ0) is 95.9. The lowest BCUT2D eigenvalue weighted by Crippen LogP contribution is -2.30. The summed E-state index contributed by atoms with van der Waals surface area (Å²) in [4.78, 5) is 56.3. The van der Waals surface area contributed by atoms with Gasteiger partial charge in [0.2, 0.25) is 0 Å².